The van der Waals surface area contributed by atoms with Gasteiger partial charge in [-0.05, 0) is 46.6 Å². The summed E-state index contributed by atoms with van der Waals surface area (Å²) in [6.07, 6.45) is 0.867. The summed E-state index contributed by atoms with van der Waals surface area (Å²) in [6.45, 7) is 12.2. The van der Waals surface area contributed by atoms with Gasteiger partial charge in [0.25, 0.3) is 0 Å². The van der Waals surface area contributed by atoms with Gasteiger partial charge in [-0.25, -0.2) is 9.78 Å². The maximum Gasteiger partial charge on any atom is 0.125 e. The van der Waals surface area contributed by atoms with Crippen LogP contribution in [0.15, 0.2) is 24.3 Å². The smallest absolute Gasteiger partial charge is 0.125 e. The minimum absolute atomic E-state index is 0.291. The quantitative estimate of drug-likeness (QED) is 0.571. The lowest BCUT2D eigenvalue weighted by Crippen LogP contribution is -2.30. The third-order valence-corrected chi connectivity index (χ3v) is 2.81. The molecule has 1 aromatic rings. The van der Waals surface area contributed by atoms with Crippen molar-refractivity contribution in [3.63, 3.8) is 0 Å². The summed E-state index contributed by atoms with van der Waals surface area (Å²) in [4.78, 5) is 11.1. The van der Waals surface area contributed by atoms with E-state index in [-0.39, 0.29) is 11.2 Å². The van der Waals surface area contributed by atoms with Gasteiger partial charge in [0.1, 0.15) is 5.60 Å². The summed E-state index contributed by atoms with van der Waals surface area (Å²) in [7, 11) is 0. The molecular formula is C15H24O2. The van der Waals surface area contributed by atoms with E-state index in [1.807, 2.05) is 20.8 Å². The van der Waals surface area contributed by atoms with Crippen LogP contribution in [0.2, 0.25) is 0 Å². The van der Waals surface area contributed by atoms with Crippen molar-refractivity contribution < 1.29 is 9.78 Å². The van der Waals surface area contributed by atoms with Gasteiger partial charge in [-0.1, -0.05) is 36.8 Å². The van der Waals surface area contributed by atoms with Gasteiger partial charge in [-0.2, -0.15) is 0 Å². The first-order valence-electron chi connectivity index (χ1n) is 6.21. The van der Waals surface area contributed by atoms with Crippen LogP contribution in [-0.2, 0) is 15.4 Å². The van der Waals surface area contributed by atoms with Gasteiger partial charge in [0.15, 0.2) is 0 Å². The average Bonchev–Trinajstić information content (AvgIpc) is 2.26. The minimum Gasteiger partial charge on any atom is -0.230 e. The molecule has 0 fully saturated rings. The van der Waals surface area contributed by atoms with Gasteiger partial charge >= 0.3 is 0 Å². The fourth-order valence-corrected chi connectivity index (χ4v) is 1.43. The minimum atomic E-state index is -0.388. The lowest BCUT2D eigenvalue weighted by Gasteiger charge is -2.31. The predicted octanol–water partition coefficient (Wildman–Crippen LogP) is 4.37. The lowest BCUT2D eigenvalue weighted by atomic mass is 9.93. The van der Waals surface area contributed by atoms with E-state index >= 15 is 0 Å². The van der Waals surface area contributed by atoms with E-state index in [4.69, 9.17) is 9.78 Å². The molecule has 0 bridgehead atoms. The zero-order chi connectivity index (χ0) is 13.1. The van der Waals surface area contributed by atoms with Gasteiger partial charge in [-0.15, -0.1) is 0 Å². The van der Waals surface area contributed by atoms with Crippen LogP contribution in [0.3, 0.4) is 0 Å². The standard InChI is InChI=1S/C15H24O2/c1-7-15(6,17-16-14(3,4)5)13-10-8-12(2)9-11-13/h8-11H,7H2,1-6H3. The Hall–Kier alpha value is -0.860. The van der Waals surface area contributed by atoms with Crippen molar-refractivity contribution in [1.82, 2.24) is 0 Å². The molecule has 0 amide bonds. The van der Waals surface area contributed by atoms with Crippen LogP contribution in [0.1, 0.15) is 52.2 Å². The first-order valence-corrected chi connectivity index (χ1v) is 6.21. The summed E-state index contributed by atoms with van der Waals surface area (Å²) in [5.74, 6) is 0. The number of hydrogen-bond acceptors (Lipinski definition) is 2. The third-order valence-electron chi connectivity index (χ3n) is 2.81. The van der Waals surface area contributed by atoms with Crippen LogP contribution in [-0.4, -0.2) is 5.60 Å². The van der Waals surface area contributed by atoms with Gasteiger partial charge < -0.3 is 0 Å². The molecule has 0 N–H and O–H groups in total. The molecule has 0 heterocycles. The van der Waals surface area contributed by atoms with E-state index in [1.54, 1.807) is 0 Å². The Balaban J connectivity index is 2.84. The molecule has 2 heteroatoms. The van der Waals surface area contributed by atoms with E-state index in [9.17, 15) is 0 Å². The zero-order valence-corrected chi connectivity index (χ0v) is 11.8. The molecule has 0 saturated heterocycles. The van der Waals surface area contributed by atoms with Gasteiger partial charge in [-0.3, -0.25) is 0 Å². The normalized spacial score (nSPS) is 15.6. The Bertz CT molecular complexity index is 348. The van der Waals surface area contributed by atoms with Crippen molar-refractivity contribution in [2.24, 2.45) is 0 Å². The molecule has 0 aliphatic heterocycles. The average molecular weight is 236 g/mol. The molecule has 17 heavy (non-hydrogen) atoms. The summed E-state index contributed by atoms with van der Waals surface area (Å²) in [5.41, 5.74) is 1.72. The summed E-state index contributed by atoms with van der Waals surface area (Å²) in [6, 6.07) is 8.41. The second-order valence-electron chi connectivity index (χ2n) is 5.73. The molecule has 2 nitrogen and oxygen atoms in total. The highest BCUT2D eigenvalue weighted by molar-refractivity contribution is 5.25. The monoisotopic (exact) mass is 236 g/mol. The highest BCUT2D eigenvalue weighted by atomic mass is 17.2. The largest absolute Gasteiger partial charge is 0.230 e. The van der Waals surface area contributed by atoms with Crippen molar-refractivity contribution >= 4 is 0 Å². The van der Waals surface area contributed by atoms with Crippen LogP contribution >= 0.6 is 0 Å². The van der Waals surface area contributed by atoms with Crippen molar-refractivity contribution in [3.05, 3.63) is 35.4 Å². The first kappa shape index (κ1) is 14.2. The number of benzene rings is 1. The summed E-state index contributed by atoms with van der Waals surface area (Å²) < 4.78 is 0. The van der Waals surface area contributed by atoms with Gasteiger partial charge in [0.2, 0.25) is 0 Å². The van der Waals surface area contributed by atoms with Crippen LogP contribution in [0, 0.1) is 6.92 Å². The maximum atomic E-state index is 5.67. The first-order chi connectivity index (χ1) is 7.77. The topological polar surface area (TPSA) is 18.5 Å². The molecule has 1 rings (SSSR count). The van der Waals surface area contributed by atoms with Crippen molar-refractivity contribution in [2.45, 2.75) is 59.2 Å². The molecule has 0 spiro atoms. The van der Waals surface area contributed by atoms with Crippen LogP contribution in [0.5, 0.6) is 0 Å². The van der Waals surface area contributed by atoms with Crippen LogP contribution in [0.25, 0.3) is 0 Å². The maximum absolute atomic E-state index is 5.67. The Morgan fingerprint density at radius 3 is 1.88 bits per heavy atom. The SMILES string of the molecule is CCC(C)(OOC(C)(C)C)c1ccc(C)cc1. The molecule has 0 aromatic heterocycles. The molecule has 0 saturated carbocycles. The van der Waals surface area contributed by atoms with Crippen LogP contribution in [0.4, 0.5) is 0 Å². The highest BCUT2D eigenvalue weighted by Crippen LogP contribution is 2.31. The summed E-state index contributed by atoms with van der Waals surface area (Å²) in [5, 5.41) is 0. The fraction of sp³-hybridized carbons (Fsp3) is 0.600. The van der Waals surface area contributed by atoms with E-state index < -0.39 is 0 Å². The van der Waals surface area contributed by atoms with Gasteiger partial charge in [0, 0.05) is 0 Å². The Morgan fingerprint density at radius 1 is 0.941 bits per heavy atom. The second kappa shape index (κ2) is 5.19. The van der Waals surface area contributed by atoms with Crippen molar-refractivity contribution in [1.29, 1.82) is 0 Å². The van der Waals surface area contributed by atoms with E-state index in [0.717, 1.165) is 12.0 Å². The molecule has 0 radical (unpaired) electrons. The van der Waals surface area contributed by atoms with E-state index in [1.165, 1.54) is 5.56 Å². The summed E-state index contributed by atoms with van der Waals surface area (Å²) >= 11 is 0. The highest BCUT2D eigenvalue weighted by Gasteiger charge is 2.29. The Labute approximate surface area is 105 Å². The van der Waals surface area contributed by atoms with Crippen LogP contribution < -0.4 is 0 Å². The molecule has 0 aliphatic carbocycles. The second-order valence-corrected chi connectivity index (χ2v) is 5.73. The van der Waals surface area contributed by atoms with E-state index in [2.05, 4.69) is 45.0 Å². The zero-order valence-electron chi connectivity index (χ0n) is 11.8. The Morgan fingerprint density at radius 2 is 1.47 bits per heavy atom. The fourth-order valence-electron chi connectivity index (χ4n) is 1.43. The Kier molecular flexibility index (Phi) is 4.34. The van der Waals surface area contributed by atoms with Crippen molar-refractivity contribution in [3.8, 4) is 0 Å². The van der Waals surface area contributed by atoms with Gasteiger partial charge in [0.05, 0.1) is 5.60 Å². The number of hydrogen-bond donors (Lipinski definition) is 0. The predicted molar refractivity (Wildman–Crippen MR) is 70.7 cm³/mol. The molecule has 1 aromatic carbocycles. The molecule has 96 valence electrons. The van der Waals surface area contributed by atoms with Crippen molar-refractivity contribution in [2.75, 3.05) is 0 Å². The molecule has 1 unspecified atom stereocenters. The number of rotatable bonds is 4. The molecular weight excluding hydrogens is 212 g/mol. The lowest BCUT2D eigenvalue weighted by molar-refractivity contribution is -0.406. The number of aryl methyl sites for hydroxylation is 1. The molecule has 0 aliphatic rings. The molecule has 1 atom stereocenters. The third kappa shape index (κ3) is 4.14. The van der Waals surface area contributed by atoms with E-state index in [0.29, 0.717) is 0 Å².